The number of thiophene rings is 1. The number of carbonyl (C=O) groups excluding carboxylic acids is 1. The van der Waals surface area contributed by atoms with E-state index in [9.17, 15) is 18.0 Å². The molecular formula is C15H13F3N2OS. The number of rotatable bonds is 5. The van der Waals surface area contributed by atoms with Gasteiger partial charge in [0.15, 0.2) is 0 Å². The van der Waals surface area contributed by atoms with Crippen LogP contribution in [0.1, 0.15) is 20.9 Å². The molecule has 0 aliphatic heterocycles. The van der Waals surface area contributed by atoms with Crippen LogP contribution in [0.15, 0.2) is 48.5 Å². The van der Waals surface area contributed by atoms with Crippen LogP contribution in [0.4, 0.5) is 13.2 Å². The number of carbonyl (C=O) groups is 1. The van der Waals surface area contributed by atoms with Crippen molar-refractivity contribution in [1.82, 2.24) is 9.88 Å². The van der Waals surface area contributed by atoms with Crippen LogP contribution >= 0.6 is 11.3 Å². The number of alkyl halides is 3. The number of halogens is 3. The predicted molar refractivity (Wildman–Crippen MR) is 78.5 cm³/mol. The van der Waals surface area contributed by atoms with Gasteiger partial charge in [-0.05, 0) is 23.6 Å². The van der Waals surface area contributed by atoms with Crippen LogP contribution in [0.2, 0.25) is 0 Å². The number of nitrogens with zero attached hydrogens (tertiary/aromatic N) is 2. The van der Waals surface area contributed by atoms with Gasteiger partial charge in [0.25, 0.3) is 5.91 Å². The molecule has 0 aromatic carbocycles. The largest absolute Gasteiger partial charge is 0.433 e. The van der Waals surface area contributed by atoms with Crippen LogP contribution in [0.5, 0.6) is 0 Å². The lowest BCUT2D eigenvalue weighted by molar-refractivity contribution is -0.141. The van der Waals surface area contributed by atoms with E-state index in [1.54, 1.807) is 6.08 Å². The first kappa shape index (κ1) is 16.2. The summed E-state index contributed by atoms with van der Waals surface area (Å²) in [6.45, 7) is 4.28. The van der Waals surface area contributed by atoms with E-state index in [4.69, 9.17) is 0 Å². The zero-order valence-corrected chi connectivity index (χ0v) is 12.3. The lowest BCUT2D eigenvalue weighted by atomic mass is 10.2. The summed E-state index contributed by atoms with van der Waals surface area (Å²) in [5.74, 6) is -0.380. The first-order valence-electron chi connectivity index (χ1n) is 6.37. The third-order valence-corrected chi connectivity index (χ3v) is 3.73. The van der Waals surface area contributed by atoms with Crippen LogP contribution < -0.4 is 0 Å². The third kappa shape index (κ3) is 3.94. The fraction of sp³-hybridized carbons (Fsp3) is 0.200. The summed E-state index contributed by atoms with van der Waals surface area (Å²) in [6, 6.07) is 5.71. The van der Waals surface area contributed by atoms with Crippen molar-refractivity contribution in [3.05, 3.63) is 64.6 Å². The number of hydrogen-bond donors (Lipinski definition) is 0. The molecule has 0 N–H and O–H groups in total. The Labute approximate surface area is 129 Å². The van der Waals surface area contributed by atoms with E-state index < -0.39 is 11.9 Å². The Morgan fingerprint density at radius 2 is 2.14 bits per heavy atom. The molecule has 2 aromatic rings. The molecule has 0 saturated carbocycles. The minimum Gasteiger partial charge on any atom is -0.330 e. The molecule has 0 unspecified atom stereocenters. The van der Waals surface area contributed by atoms with Crippen molar-refractivity contribution in [2.24, 2.45) is 0 Å². The average molecular weight is 326 g/mol. The van der Waals surface area contributed by atoms with Crippen LogP contribution in [0.25, 0.3) is 0 Å². The summed E-state index contributed by atoms with van der Waals surface area (Å²) in [6.07, 6.45) is -1.99. The highest BCUT2D eigenvalue weighted by Crippen LogP contribution is 2.27. The highest BCUT2D eigenvalue weighted by atomic mass is 32.1. The molecule has 116 valence electrons. The standard InChI is InChI=1S/C15H13F3N2OS/c1-2-7-20(10-12-4-3-8-22-12)14(21)11-5-6-13(19-9-11)15(16,17)18/h2-6,8-9H,1,7,10H2. The number of amides is 1. The van der Waals surface area contributed by atoms with E-state index in [1.807, 2.05) is 17.5 Å². The molecule has 0 atom stereocenters. The summed E-state index contributed by atoms with van der Waals surface area (Å²) >= 11 is 1.50. The second kappa shape index (κ2) is 6.74. The molecule has 0 saturated heterocycles. The van der Waals surface area contributed by atoms with Gasteiger partial charge in [0.05, 0.1) is 12.1 Å². The second-order valence-corrected chi connectivity index (χ2v) is 5.52. The molecule has 2 aromatic heterocycles. The van der Waals surface area contributed by atoms with E-state index >= 15 is 0 Å². The van der Waals surface area contributed by atoms with Gasteiger partial charge >= 0.3 is 6.18 Å². The van der Waals surface area contributed by atoms with Gasteiger partial charge in [-0.3, -0.25) is 9.78 Å². The molecule has 0 aliphatic rings. The highest BCUT2D eigenvalue weighted by Gasteiger charge is 2.32. The maximum atomic E-state index is 12.5. The SMILES string of the molecule is C=CCN(Cc1cccs1)C(=O)c1ccc(C(F)(F)F)nc1. The number of aromatic nitrogens is 1. The quantitative estimate of drug-likeness (QED) is 0.779. The maximum absolute atomic E-state index is 12.5. The Hall–Kier alpha value is -2.15. The van der Waals surface area contributed by atoms with Gasteiger partial charge in [-0.2, -0.15) is 13.2 Å². The summed E-state index contributed by atoms with van der Waals surface area (Å²) < 4.78 is 37.4. The molecule has 1 amide bonds. The zero-order valence-electron chi connectivity index (χ0n) is 11.5. The maximum Gasteiger partial charge on any atom is 0.433 e. The van der Waals surface area contributed by atoms with E-state index in [2.05, 4.69) is 11.6 Å². The van der Waals surface area contributed by atoms with E-state index in [-0.39, 0.29) is 11.5 Å². The van der Waals surface area contributed by atoms with Gasteiger partial charge in [0, 0.05) is 17.6 Å². The highest BCUT2D eigenvalue weighted by molar-refractivity contribution is 7.09. The second-order valence-electron chi connectivity index (χ2n) is 4.48. The van der Waals surface area contributed by atoms with Crippen molar-refractivity contribution < 1.29 is 18.0 Å². The molecule has 2 heterocycles. The summed E-state index contributed by atoms with van der Waals surface area (Å²) in [4.78, 5) is 18.2. The smallest absolute Gasteiger partial charge is 0.330 e. The van der Waals surface area contributed by atoms with Gasteiger partial charge in [-0.15, -0.1) is 17.9 Å². The minimum absolute atomic E-state index is 0.117. The molecule has 0 radical (unpaired) electrons. The molecule has 2 rings (SSSR count). The predicted octanol–water partition coefficient (Wildman–Crippen LogP) is 3.99. The minimum atomic E-state index is -4.51. The summed E-state index contributed by atoms with van der Waals surface area (Å²) in [5.41, 5.74) is -0.899. The lowest BCUT2D eigenvalue weighted by Gasteiger charge is -2.20. The summed E-state index contributed by atoms with van der Waals surface area (Å²) in [5, 5.41) is 1.89. The Balaban J connectivity index is 2.17. The van der Waals surface area contributed by atoms with Crippen LogP contribution in [-0.2, 0) is 12.7 Å². The molecule has 0 fully saturated rings. The fourth-order valence-corrected chi connectivity index (χ4v) is 2.56. The van der Waals surface area contributed by atoms with Gasteiger partial charge in [0.2, 0.25) is 0 Å². The third-order valence-electron chi connectivity index (χ3n) is 2.86. The van der Waals surface area contributed by atoms with Crippen molar-refractivity contribution in [3.63, 3.8) is 0 Å². The van der Waals surface area contributed by atoms with Crippen molar-refractivity contribution in [1.29, 1.82) is 0 Å². The van der Waals surface area contributed by atoms with Crippen LogP contribution in [-0.4, -0.2) is 22.3 Å². The average Bonchev–Trinajstić information content (AvgIpc) is 2.98. The van der Waals surface area contributed by atoms with Gasteiger partial charge in [-0.1, -0.05) is 12.1 Å². The molecular weight excluding hydrogens is 313 g/mol. The number of pyridine rings is 1. The topological polar surface area (TPSA) is 33.2 Å². The Bertz CT molecular complexity index is 636. The van der Waals surface area contributed by atoms with Crippen molar-refractivity contribution in [2.75, 3.05) is 6.54 Å². The molecule has 3 nitrogen and oxygen atoms in total. The van der Waals surface area contributed by atoms with Gasteiger partial charge in [0.1, 0.15) is 5.69 Å². The first-order chi connectivity index (χ1) is 10.4. The summed E-state index contributed by atoms with van der Waals surface area (Å²) in [7, 11) is 0. The van der Waals surface area contributed by atoms with E-state index in [0.717, 1.165) is 23.2 Å². The van der Waals surface area contributed by atoms with Crippen LogP contribution in [0, 0.1) is 0 Å². The normalized spacial score (nSPS) is 11.2. The van der Waals surface area contributed by atoms with Crippen molar-refractivity contribution in [2.45, 2.75) is 12.7 Å². The van der Waals surface area contributed by atoms with E-state index in [1.165, 1.54) is 16.2 Å². The first-order valence-corrected chi connectivity index (χ1v) is 7.25. The molecule has 0 aliphatic carbocycles. The van der Waals surface area contributed by atoms with E-state index in [0.29, 0.717) is 13.1 Å². The Kier molecular flexibility index (Phi) is 4.97. The van der Waals surface area contributed by atoms with Gasteiger partial charge < -0.3 is 4.90 Å². The molecule has 0 spiro atoms. The lowest BCUT2D eigenvalue weighted by Crippen LogP contribution is -2.30. The fourth-order valence-electron chi connectivity index (χ4n) is 1.84. The molecule has 7 heteroatoms. The molecule has 0 bridgehead atoms. The Morgan fingerprint density at radius 1 is 1.36 bits per heavy atom. The Morgan fingerprint density at radius 3 is 2.64 bits per heavy atom. The van der Waals surface area contributed by atoms with Crippen LogP contribution in [0.3, 0.4) is 0 Å². The monoisotopic (exact) mass is 326 g/mol. The molecule has 22 heavy (non-hydrogen) atoms. The van der Waals surface area contributed by atoms with Crippen molar-refractivity contribution >= 4 is 17.2 Å². The van der Waals surface area contributed by atoms with Crippen molar-refractivity contribution in [3.8, 4) is 0 Å². The number of hydrogen-bond acceptors (Lipinski definition) is 3. The van der Waals surface area contributed by atoms with Gasteiger partial charge in [-0.25, -0.2) is 0 Å². The zero-order chi connectivity index (χ0) is 16.2.